The summed E-state index contributed by atoms with van der Waals surface area (Å²) in [7, 11) is -2.94. The van der Waals surface area contributed by atoms with Gasteiger partial charge in [0.05, 0.1) is 86.8 Å². The van der Waals surface area contributed by atoms with E-state index in [1.807, 2.05) is 48.5 Å². The molecule has 0 saturated heterocycles. The van der Waals surface area contributed by atoms with Crippen LogP contribution < -0.4 is 20.7 Å². The predicted octanol–water partition coefficient (Wildman–Crippen LogP) is 8.69. The van der Waals surface area contributed by atoms with E-state index in [0.29, 0.717) is 0 Å². The minimum absolute atomic E-state index is 0.0935. The van der Waals surface area contributed by atoms with Gasteiger partial charge in [-0.25, -0.2) is 58.3 Å². The first kappa shape index (κ1) is 72.1. The Morgan fingerprint density at radius 1 is 0.318 bits per heavy atom. The third-order valence-corrected chi connectivity index (χ3v) is 22.4. The van der Waals surface area contributed by atoms with E-state index in [2.05, 4.69) is 89.5 Å². The molecule has 0 aliphatic carbocycles. The monoisotopic (exact) mass is 1280 g/mol. The molecule has 0 N–H and O–H groups in total. The van der Waals surface area contributed by atoms with Gasteiger partial charge in [0.25, 0.3) is 0 Å². The highest BCUT2D eigenvalue weighted by atomic mass is 28.2. The maximum Gasteiger partial charge on any atom is 0.549 e. The number of carbonyl (C=O) groups is 8. The summed E-state index contributed by atoms with van der Waals surface area (Å²) in [6.45, 7) is 14.4. The Kier molecular flexibility index (Phi) is 33.6. The Balaban J connectivity index is 1.48. The third kappa shape index (κ3) is 27.2. The van der Waals surface area contributed by atoms with Gasteiger partial charge in [-0.15, -0.1) is 0 Å². The summed E-state index contributed by atoms with van der Waals surface area (Å²) in [5.74, 6) is -6.00. The summed E-state index contributed by atoms with van der Waals surface area (Å²) in [4.78, 5) is 141. The van der Waals surface area contributed by atoms with Gasteiger partial charge in [0.1, 0.15) is 0 Å². The molecule has 0 aliphatic heterocycles. The van der Waals surface area contributed by atoms with Crippen molar-refractivity contribution in [3.63, 3.8) is 0 Å². The second-order valence-corrected chi connectivity index (χ2v) is 28.5. The van der Waals surface area contributed by atoms with E-state index < -0.39 is 125 Å². The molecule has 2 atom stereocenters. The summed E-state index contributed by atoms with van der Waals surface area (Å²) in [5.41, 5.74) is 0.414. The van der Waals surface area contributed by atoms with Gasteiger partial charge >= 0.3 is 48.5 Å². The fourth-order valence-corrected chi connectivity index (χ4v) is 15.7. The lowest BCUT2D eigenvalue weighted by Gasteiger charge is -2.25. The molecule has 24 heteroatoms. The molecule has 474 valence electrons. The maximum atomic E-state index is 13.0. The number of allylic oxidation sites excluding steroid dienone is 8. The normalized spacial score (nSPS) is 12.9. The lowest BCUT2D eigenvalue weighted by molar-refractivity contribution is -0.208. The van der Waals surface area contributed by atoms with Crippen molar-refractivity contribution >= 4 is 107 Å². The average molecular weight is 1280 g/mol. The quantitative estimate of drug-likeness (QED) is 0.0150. The summed E-state index contributed by atoms with van der Waals surface area (Å²) in [5, 5.41) is 9.88. The van der Waals surface area contributed by atoms with Crippen molar-refractivity contribution in [2.45, 2.75) is 120 Å². The Morgan fingerprint density at radius 2 is 0.534 bits per heavy atom. The maximum absolute atomic E-state index is 13.0. The molecule has 0 amide bonds. The van der Waals surface area contributed by atoms with E-state index in [-0.39, 0.29) is 35.1 Å². The molecule has 88 heavy (non-hydrogen) atoms. The first-order chi connectivity index (χ1) is 42.5. The average Bonchev–Trinajstić information content (AvgIpc) is 3.74. The topological polar surface area (TPSA) is 247 Å². The lowest BCUT2D eigenvalue weighted by atomic mass is 9.88. The molecule has 0 spiro atoms. The van der Waals surface area contributed by atoms with Gasteiger partial charge in [-0.05, 0) is 113 Å². The Labute approximate surface area is 523 Å². The van der Waals surface area contributed by atoms with Gasteiger partial charge in [-0.2, -0.15) is 19.2 Å². The zero-order valence-electron chi connectivity index (χ0n) is 51.6. The summed E-state index contributed by atoms with van der Waals surface area (Å²) in [6, 6.07) is 26.9. The third-order valence-electron chi connectivity index (χ3n) is 13.9. The molecule has 4 aromatic carbocycles. The molecule has 0 aromatic heterocycles. The number of carbonyl (C=O) groups excluding carboxylic acids is 8. The summed E-state index contributed by atoms with van der Waals surface area (Å²) < 4.78 is 21.1. The summed E-state index contributed by atoms with van der Waals surface area (Å²) >= 11 is 0. The predicted molar refractivity (Wildman–Crippen MR) is 341 cm³/mol. The molecular formula is C64H82O20Si4. The fraction of sp³-hybridized carbons (Fsp3) is 0.375. The molecule has 2 unspecified atom stereocenters. The van der Waals surface area contributed by atoms with E-state index in [4.69, 9.17) is 48.3 Å². The van der Waals surface area contributed by atoms with Crippen LogP contribution in [0.25, 0.3) is 0 Å². The highest BCUT2D eigenvalue weighted by Gasteiger charge is 2.29. The molecule has 4 rings (SSSR count). The van der Waals surface area contributed by atoms with Gasteiger partial charge in [-0.1, -0.05) is 170 Å². The highest BCUT2D eigenvalue weighted by Crippen LogP contribution is 2.23. The van der Waals surface area contributed by atoms with E-state index >= 15 is 0 Å². The van der Waals surface area contributed by atoms with E-state index in [0.717, 1.165) is 72.1 Å². The largest absolute Gasteiger partial charge is 0.549 e. The molecule has 0 fully saturated rings. The van der Waals surface area contributed by atoms with Crippen LogP contribution in [0.3, 0.4) is 0 Å². The molecule has 0 aliphatic rings. The van der Waals surface area contributed by atoms with Gasteiger partial charge < -0.3 is 18.9 Å². The van der Waals surface area contributed by atoms with E-state index in [9.17, 15) is 38.4 Å². The minimum atomic E-state index is -1.48. The fourth-order valence-electron chi connectivity index (χ4n) is 9.03. The SMILES string of the molecule is CC/C=C(\CC)[SiH2]c1ccc(C(=O)OOC(=O)OCCC(COC(=O)OOC(=O)c2ccc([SiH2]/C(=C/CC)CC)cc2)C(CCOC(=O)OOC(=O)c2ccc([SiH2]/C(=C/CC)CC)cc2)COC(=O)OOC(=O)c2ccc([SiH2]/C(=C/CC)CC)cc2)cc1. The number of hydrogen-bond acceptors (Lipinski definition) is 20. The van der Waals surface area contributed by atoms with Crippen LogP contribution in [0.5, 0.6) is 0 Å². The van der Waals surface area contributed by atoms with Crippen LogP contribution in [0.2, 0.25) is 0 Å². The van der Waals surface area contributed by atoms with Crippen LogP contribution in [0, 0.1) is 11.8 Å². The molecule has 20 nitrogen and oxygen atoms in total. The van der Waals surface area contributed by atoms with Crippen molar-refractivity contribution < 1.29 is 96.4 Å². The van der Waals surface area contributed by atoms with Crippen molar-refractivity contribution in [1.82, 2.24) is 0 Å². The second-order valence-electron chi connectivity index (χ2n) is 20.2. The van der Waals surface area contributed by atoms with Crippen LogP contribution in [-0.2, 0) is 58.0 Å². The first-order valence-electron chi connectivity index (χ1n) is 29.8. The van der Waals surface area contributed by atoms with Crippen LogP contribution in [0.1, 0.15) is 161 Å². The lowest BCUT2D eigenvalue weighted by Crippen LogP contribution is -2.30. The second kappa shape index (κ2) is 40.9. The number of ether oxygens (including phenoxy) is 4. The van der Waals surface area contributed by atoms with Gasteiger partial charge in [0.15, 0.2) is 0 Å². The van der Waals surface area contributed by atoms with Gasteiger partial charge in [0, 0.05) is 11.8 Å². The molecule has 0 bridgehead atoms. The van der Waals surface area contributed by atoms with Crippen LogP contribution >= 0.6 is 0 Å². The van der Waals surface area contributed by atoms with E-state index in [1.54, 1.807) is 48.5 Å². The first-order valence-corrected chi connectivity index (χ1v) is 35.5. The van der Waals surface area contributed by atoms with Crippen LogP contribution in [0.15, 0.2) is 142 Å². The standard InChI is InChI=1S/C64H82O20Si4/c1-9-17-49(13-5)85-53-29-21-43(22-30-53)57(65)77-81-61(69)73-39-37-47(41-75-63(71)83-79-59(67)45-25-33-55(34-26-45)87-51(15-7)19-11-3)48(42-76-64(72)84-80-60(68)46-27-35-56(36-28-46)88-52(16-8)20-12-4)38-40-74-62(70)82-78-58(66)44-23-31-54(32-24-44)86-50(14-6)18-10-2/h17-36,47-48H,9-16,37-42,85-88H2,1-8H3/b49-17+,50-18+,51-19+,52-20+. The Bertz CT molecular complexity index is 2810. The summed E-state index contributed by atoms with van der Waals surface area (Å²) in [6.07, 6.45) is 9.94. The van der Waals surface area contributed by atoms with E-state index in [1.165, 1.54) is 20.8 Å². The van der Waals surface area contributed by atoms with Crippen LogP contribution in [-0.4, -0.2) is 113 Å². The van der Waals surface area contributed by atoms with Crippen LogP contribution in [0.4, 0.5) is 19.2 Å². The van der Waals surface area contributed by atoms with Crippen molar-refractivity contribution in [1.29, 1.82) is 0 Å². The molecule has 0 radical (unpaired) electrons. The Hall–Kier alpha value is -8.33. The molecule has 0 saturated carbocycles. The zero-order valence-corrected chi connectivity index (χ0v) is 57.3. The molecular weight excluding hydrogens is 1200 g/mol. The van der Waals surface area contributed by atoms with Crippen molar-refractivity contribution in [2.24, 2.45) is 11.8 Å². The van der Waals surface area contributed by atoms with Crippen molar-refractivity contribution in [3.8, 4) is 0 Å². The Morgan fingerprint density at radius 3 is 0.739 bits per heavy atom. The molecule has 4 aromatic rings. The number of rotatable bonds is 31. The zero-order chi connectivity index (χ0) is 64.1. The number of hydrogen-bond donors (Lipinski definition) is 0. The van der Waals surface area contributed by atoms with Gasteiger partial charge in [0.2, 0.25) is 0 Å². The minimum Gasteiger partial charge on any atom is -0.432 e. The van der Waals surface area contributed by atoms with Crippen molar-refractivity contribution in [2.75, 3.05) is 26.4 Å². The number of benzene rings is 4. The van der Waals surface area contributed by atoms with Gasteiger partial charge in [-0.3, -0.25) is 0 Å². The highest BCUT2D eigenvalue weighted by molar-refractivity contribution is 6.62. The smallest absolute Gasteiger partial charge is 0.432 e. The molecule has 0 heterocycles. The van der Waals surface area contributed by atoms with Crippen molar-refractivity contribution in [3.05, 3.63) is 164 Å².